The fourth-order valence-corrected chi connectivity index (χ4v) is 2.80. The van der Waals surface area contributed by atoms with Crippen LogP contribution in [0.15, 0.2) is 30.3 Å². The first-order valence-electron chi connectivity index (χ1n) is 8.23. The summed E-state index contributed by atoms with van der Waals surface area (Å²) in [5, 5.41) is 12.8. The van der Waals surface area contributed by atoms with Crippen molar-refractivity contribution in [2.75, 3.05) is 5.32 Å². The number of carbonyl (C=O) groups is 2. The van der Waals surface area contributed by atoms with E-state index in [2.05, 4.69) is 21.0 Å². The first kappa shape index (κ1) is 18.9. The van der Waals surface area contributed by atoms with Gasteiger partial charge in [0.2, 0.25) is 5.91 Å². The molecule has 7 nitrogen and oxygen atoms in total. The number of rotatable bonds is 3. The number of nitrogens with one attached hydrogen (secondary N) is 3. The summed E-state index contributed by atoms with van der Waals surface area (Å²) >= 11 is 0. The van der Waals surface area contributed by atoms with E-state index in [-0.39, 0.29) is 17.5 Å². The van der Waals surface area contributed by atoms with Gasteiger partial charge in [-0.2, -0.15) is 18.3 Å². The Morgan fingerprint density at radius 3 is 2.56 bits per heavy atom. The minimum Gasteiger partial charge on any atom is -0.322 e. The predicted molar refractivity (Wildman–Crippen MR) is 90.8 cm³/mol. The van der Waals surface area contributed by atoms with E-state index in [9.17, 15) is 22.8 Å². The fourth-order valence-electron chi connectivity index (χ4n) is 2.80. The number of aromatic nitrogens is 2. The lowest BCUT2D eigenvalue weighted by Crippen LogP contribution is -2.52. The molecule has 27 heavy (non-hydrogen) atoms. The molecule has 1 aromatic carbocycles. The van der Waals surface area contributed by atoms with E-state index in [4.69, 9.17) is 0 Å². The molecule has 2 amide bonds. The Kier molecular flexibility index (Phi) is 4.92. The van der Waals surface area contributed by atoms with Gasteiger partial charge < -0.3 is 10.6 Å². The van der Waals surface area contributed by atoms with Crippen LogP contribution in [0, 0.1) is 6.92 Å². The summed E-state index contributed by atoms with van der Waals surface area (Å²) < 4.78 is 39.3. The molecule has 0 bridgehead atoms. The van der Waals surface area contributed by atoms with Crippen molar-refractivity contribution in [1.82, 2.24) is 20.4 Å². The molecule has 1 aromatic heterocycles. The number of halogens is 3. The zero-order valence-corrected chi connectivity index (χ0v) is 14.6. The van der Waals surface area contributed by atoms with E-state index in [0.29, 0.717) is 17.9 Å². The third-order valence-corrected chi connectivity index (χ3v) is 4.05. The standard InChI is InChI=1S/C17H18F3N5O2/c1-9-8-14(26)23-16(21-9)25-13(7-10(2)24-25)22-15(27)11-3-5-12(6-4-11)17(18,19)20/h3-7,9,16,21H,8H2,1-2H3,(H,22,27)(H,23,26). The highest BCUT2D eigenvalue weighted by Gasteiger charge is 2.30. The van der Waals surface area contributed by atoms with Crippen molar-refractivity contribution >= 4 is 17.6 Å². The highest BCUT2D eigenvalue weighted by Crippen LogP contribution is 2.29. The van der Waals surface area contributed by atoms with Gasteiger partial charge in [-0.25, -0.2) is 4.68 Å². The lowest BCUT2D eigenvalue weighted by molar-refractivity contribution is -0.137. The lowest BCUT2D eigenvalue weighted by Gasteiger charge is -2.30. The molecular formula is C17H18F3N5O2. The number of amides is 2. The van der Waals surface area contributed by atoms with Crippen molar-refractivity contribution in [3.8, 4) is 0 Å². The molecule has 144 valence electrons. The predicted octanol–water partition coefficient (Wildman–Crippen LogP) is 2.42. The van der Waals surface area contributed by atoms with E-state index in [1.165, 1.54) is 4.68 Å². The molecule has 1 aliphatic heterocycles. The molecule has 3 N–H and O–H groups in total. The Balaban J connectivity index is 1.79. The summed E-state index contributed by atoms with van der Waals surface area (Å²) in [5.74, 6) is -0.427. The second-order valence-electron chi connectivity index (χ2n) is 6.39. The number of hydrogen-bond acceptors (Lipinski definition) is 4. The average Bonchev–Trinajstić information content (AvgIpc) is 2.93. The molecule has 3 rings (SSSR count). The maximum Gasteiger partial charge on any atom is 0.416 e. The van der Waals surface area contributed by atoms with Crippen LogP contribution in [0.3, 0.4) is 0 Å². The van der Waals surface area contributed by atoms with Crippen molar-refractivity contribution in [3.05, 3.63) is 47.2 Å². The van der Waals surface area contributed by atoms with Crippen LogP contribution in [0.5, 0.6) is 0 Å². The zero-order valence-electron chi connectivity index (χ0n) is 14.6. The Morgan fingerprint density at radius 1 is 1.30 bits per heavy atom. The molecule has 0 saturated carbocycles. The van der Waals surface area contributed by atoms with Crippen LogP contribution in [0.2, 0.25) is 0 Å². The summed E-state index contributed by atoms with van der Waals surface area (Å²) in [5.41, 5.74) is -0.155. The lowest BCUT2D eigenvalue weighted by atomic mass is 10.1. The number of carbonyl (C=O) groups excluding carboxylic acids is 2. The van der Waals surface area contributed by atoms with Crippen molar-refractivity contribution in [2.24, 2.45) is 0 Å². The SMILES string of the molecule is Cc1cc(NC(=O)c2ccc(C(F)(F)F)cc2)n(C2NC(=O)CC(C)N2)n1. The van der Waals surface area contributed by atoms with Gasteiger partial charge in [0.05, 0.1) is 11.3 Å². The number of anilines is 1. The molecule has 1 aliphatic rings. The third-order valence-electron chi connectivity index (χ3n) is 4.05. The summed E-state index contributed by atoms with van der Waals surface area (Å²) in [7, 11) is 0. The van der Waals surface area contributed by atoms with Crippen LogP contribution < -0.4 is 16.0 Å². The molecule has 10 heteroatoms. The molecule has 1 saturated heterocycles. The summed E-state index contributed by atoms with van der Waals surface area (Å²) in [6, 6.07) is 5.44. The highest BCUT2D eigenvalue weighted by atomic mass is 19.4. The molecular weight excluding hydrogens is 363 g/mol. The minimum atomic E-state index is -4.47. The van der Waals surface area contributed by atoms with Crippen molar-refractivity contribution in [1.29, 1.82) is 0 Å². The van der Waals surface area contributed by atoms with E-state index in [1.807, 2.05) is 6.92 Å². The number of nitrogens with zero attached hydrogens (tertiary/aromatic N) is 2. The second kappa shape index (κ2) is 7.03. The second-order valence-corrected chi connectivity index (χ2v) is 6.39. The van der Waals surface area contributed by atoms with Gasteiger partial charge in [0.1, 0.15) is 5.82 Å². The molecule has 0 spiro atoms. The average molecular weight is 381 g/mol. The maximum absolute atomic E-state index is 12.6. The zero-order chi connectivity index (χ0) is 19.8. The van der Waals surface area contributed by atoms with Gasteiger partial charge in [-0.1, -0.05) is 0 Å². The van der Waals surface area contributed by atoms with Gasteiger partial charge in [-0.05, 0) is 38.1 Å². The van der Waals surface area contributed by atoms with Crippen LogP contribution in [0.4, 0.5) is 19.0 Å². The number of alkyl halides is 3. The molecule has 1 fully saturated rings. The Morgan fingerprint density at radius 2 is 1.96 bits per heavy atom. The molecule has 2 atom stereocenters. The molecule has 2 unspecified atom stereocenters. The summed E-state index contributed by atoms with van der Waals surface area (Å²) in [4.78, 5) is 24.2. The number of hydrogen-bond donors (Lipinski definition) is 3. The first-order chi connectivity index (χ1) is 12.6. The number of aryl methyl sites for hydroxylation is 1. The van der Waals surface area contributed by atoms with Gasteiger partial charge in [-0.3, -0.25) is 14.9 Å². The van der Waals surface area contributed by atoms with Gasteiger partial charge in [-0.15, -0.1) is 0 Å². The van der Waals surface area contributed by atoms with E-state index < -0.39 is 23.9 Å². The van der Waals surface area contributed by atoms with Gasteiger partial charge in [0.25, 0.3) is 5.91 Å². The Labute approximate surface area is 152 Å². The van der Waals surface area contributed by atoms with Crippen LogP contribution in [0.25, 0.3) is 0 Å². The quantitative estimate of drug-likeness (QED) is 0.762. The molecule has 2 heterocycles. The van der Waals surface area contributed by atoms with E-state index >= 15 is 0 Å². The number of benzene rings is 1. The van der Waals surface area contributed by atoms with Crippen molar-refractivity contribution < 1.29 is 22.8 Å². The van der Waals surface area contributed by atoms with Crippen molar-refractivity contribution in [3.63, 3.8) is 0 Å². The minimum absolute atomic E-state index is 0.0717. The maximum atomic E-state index is 12.6. The Hall–Kier alpha value is -2.88. The smallest absolute Gasteiger partial charge is 0.322 e. The highest BCUT2D eigenvalue weighted by molar-refractivity contribution is 6.03. The first-order valence-corrected chi connectivity index (χ1v) is 8.23. The fraction of sp³-hybridized carbons (Fsp3) is 0.353. The topological polar surface area (TPSA) is 88.0 Å². The largest absolute Gasteiger partial charge is 0.416 e. The van der Waals surface area contributed by atoms with Crippen molar-refractivity contribution in [2.45, 2.75) is 38.8 Å². The monoisotopic (exact) mass is 381 g/mol. The molecule has 0 radical (unpaired) electrons. The van der Waals surface area contributed by atoms with Gasteiger partial charge in [0.15, 0.2) is 6.29 Å². The van der Waals surface area contributed by atoms with Gasteiger partial charge in [0, 0.05) is 24.1 Å². The van der Waals surface area contributed by atoms with Crippen LogP contribution in [-0.2, 0) is 11.0 Å². The normalized spacial score (nSPS) is 20.3. The van der Waals surface area contributed by atoms with Crippen LogP contribution in [-0.4, -0.2) is 27.6 Å². The van der Waals surface area contributed by atoms with Crippen LogP contribution >= 0.6 is 0 Å². The molecule has 2 aromatic rings. The third kappa shape index (κ3) is 4.27. The van der Waals surface area contributed by atoms with Crippen LogP contribution in [0.1, 0.15) is 41.2 Å². The summed E-state index contributed by atoms with van der Waals surface area (Å²) in [6.45, 7) is 3.57. The Bertz CT molecular complexity index is 860. The summed E-state index contributed by atoms with van der Waals surface area (Å²) in [6.07, 6.45) is -4.78. The van der Waals surface area contributed by atoms with E-state index in [1.54, 1.807) is 13.0 Å². The van der Waals surface area contributed by atoms with Gasteiger partial charge >= 0.3 is 6.18 Å². The van der Waals surface area contributed by atoms with E-state index in [0.717, 1.165) is 24.3 Å². The molecule has 0 aliphatic carbocycles.